The number of ether oxygens (including phenoxy) is 1. The SMILES string of the molecule is Cc1cc([C@@H](C)Nc2ccc(Cl)nc2C(=O)NS(C)(=O)=O)c2nc(N3CCC[C@@H](Oc4cnccn4)C3)n(C)c(=O)c2c1. The lowest BCUT2D eigenvalue weighted by Gasteiger charge is -2.34. The molecule has 0 unspecified atom stereocenters. The van der Waals surface area contributed by atoms with Crippen molar-refractivity contribution in [2.24, 2.45) is 7.05 Å². The van der Waals surface area contributed by atoms with E-state index in [1.165, 1.54) is 6.07 Å². The van der Waals surface area contributed by atoms with Gasteiger partial charge in [-0.05, 0) is 50.5 Å². The minimum atomic E-state index is -3.84. The Morgan fingerprint density at radius 3 is 2.72 bits per heavy atom. The second-order valence-electron chi connectivity index (χ2n) is 10.5. The van der Waals surface area contributed by atoms with E-state index in [-0.39, 0.29) is 28.2 Å². The quantitative estimate of drug-likeness (QED) is 0.277. The third-order valence-electron chi connectivity index (χ3n) is 7.01. The lowest BCUT2D eigenvalue weighted by molar-refractivity contribution is 0.0977. The van der Waals surface area contributed by atoms with Gasteiger partial charge in [-0.1, -0.05) is 17.7 Å². The molecule has 0 aliphatic carbocycles. The van der Waals surface area contributed by atoms with Crippen molar-refractivity contribution in [2.75, 3.05) is 29.6 Å². The topological polar surface area (TPSA) is 161 Å². The Kier molecular flexibility index (Phi) is 8.51. The van der Waals surface area contributed by atoms with Crippen LogP contribution in [-0.2, 0) is 17.1 Å². The maximum absolute atomic E-state index is 13.7. The van der Waals surface area contributed by atoms with E-state index in [4.69, 9.17) is 21.3 Å². The lowest BCUT2D eigenvalue weighted by Crippen LogP contribution is -2.44. The van der Waals surface area contributed by atoms with Crippen LogP contribution in [0.4, 0.5) is 11.6 Å². The normalized spacial score (nSPS) is 16.1. The molecule has 1 aliphatic heterocycles. The fourth-order valence-electron chi connectivity index (χ4n) is 5.14. The fourth-order valence-corrected chi connectivity index (χ4v) is 5.72. The van der Waals surface area contributed by atoms with Crippen LogP contribution < -0.4 is 25.2 Å². The van der Waals surface area contributed by atoms with Crippen LogP contribution >= 0.6 is 11.6 Å². The van der Waals surface area contributed by atoms with Crippen molar-refractivity contribution < 1.29 is 17.9 Å². The number of amides is 1. The second kappa shape index (κ2) is 12.1. The van der Waals surface area contributed by atoms with Gasteiger partial charge in [0.25, 0.3) is 11.5 Å². The zero-order valence-electron chi connectivity index (χ0n) is 24.0. The Morgan fingerprint density at radius 2 is 2.00 bits per heavy atom. The van der Waals surface area contributed by atoms with Crippen molar-refractivity contribution >= 4 is 50.1 Å². The van der Waals surface area contributed by atoms with Gasteiger partial charge in [-0.25, -0.2) is 28.1 Å². The van der Waals surface area contributed by atoms with Gasteiger partial charge < -0.3 is 15.0 Å². The van der Waals surface area contributed by atoms with Crippen molar-refractivity contribution in [1.82, 2.24) is 29.2 Å². The summed E-state index contributed by atoms with van der Waals surface area (Å²) in [5.74, 6) is 0.0173. The molecule has 4 aromatic rings. The van der Waals surface area contributed by atoms with Gasteiger partial charge in [-0.3, -0.25) is 19.1 Å². The third kappa shape index (κ3) is 6.86. The molecule has 3 aromatic heterocycles. The highest BCUT2D eigenvalue weighted by Gasteiger charge is 2.27. The molecule has 2 atom stereocenters. The largest absolute Gasteiger partial charge is 0.471 e. The van der Waals surface area contributed by atoms with E-state index in [9.17, 15) is 18.0 Å². The molecule has 43 heavy (non-hydrogen) atoms. The number of piperidine rings is 1. The summed E-state index contributed by atoms with van der Waals surface area (Å²) in [6.07, 6.45) is 7.09. The molecule has 13 nitrogen and oxygen atoms in total. The number of aromatic nitrogens is 5. The van der Waals surface area contributed by atoms with E-state index in [2.05, 4.69) is 20.3 Å². The zero-order valence-corrected chi connectivity index (χ0v) is 25.6. The number of halogens is 1. The molecule has 0 saturated carbocycles. The van der Waals surface area contributed by atoms with Gasteiger partial charge in [0.2, 0.25) is 21.9 Å². The van der Waals surface area contributed by atoms with Crippen LogP contribution in [0.3, 0.4) is 0 Å². The molecular formula is C28H31ClN8O5S. The highest BCUT2D eigenvalue weighted by atomic mass is 35.5. The van der Waals surface area contributed by atoms with E-state index in [1.807, 2.05) is 29.5 Å². The molecule has 5 rings (SSSR count). The molecule has 1 saturated heterocycles. The van der Waals surface area contributed by atoms with Crippen LogP contribution in [0.2, 0.25) is 5.15 Å². The average molecular weight is 627 g/mol. The van der Waals surface area contributed by atoms with Crippen molar-refractivity contribution in [1.29, 1.82) is 0 Å². The van der Waals surface area contributed by atoms with Gasteiger partial charge in [-0.2, -0.15) is 0 Å². The molecule has 15 heteroatoms. The van der Waals surface area contributed by atoms with Crippen molar-refractivity contribution in [3.63, 3.8) is 0 Å². The van der Waals surface area contributed by atoms with Crippen LogP contribution in [0.25, 0.3) is 10.9 Å². The molecule has 0 spiro atoms. The monoisotopic (exact) mass is 626 g/mol. The molecular weight excluding hydrogens is 596 g/mol. The van der Waals surface area contributed by atoms with E-state index < -0.39 is 22.0 Å². The first-order valence-corrected chi connectivity index (χ1v) is 15.8. The highest BCUT2D eigenvalue weighted by molar-refractivity contribution is 7.89. The van der Waals surface area contributed by atoms with E-state index in [0.29, 0.717) is 41.4 Å². The Labute approximate surface area is 253 Å². The molecule has 1 fully saturated rings. The molecule has 1 aliphatic rings. The predicted molar refractivity (Wildman–Crippen MR) is 163 cm³/mol. The molecule has 0 bridgehead atoms. The van der Waals surface area contributed by atoms with Gasteiger partial charge in [-0.15, -0.1) is 0 Å². The smallest absolute Gasteiger partial charge is 0.285 e. The van der Waals surface area contributed by atoms with Crippen molar-refractivity contribution in [3.8, 4) is 5.88 Å². The first-order chi connectivity index (χ1) is 20.4. The standard InChI is InChI=1S/C28H31ClN8O5S/c1-16-12-19(17(2)32-21-7-8-22(29)33-25(21)26(38)35-43(4,40)41)24-20(13-16)27(39)36(3)28(34-24)37-11-5-6-18(15-37)42-23-14-30-9-10-31-23/h7-10,12-14,17-18,32H,5-6,11,15H2,1-4H3,(H,35,38)/t17-,18-/m1/s1. The van der Waals surface area contributed by atoms with Crippen molar-refractivity contribution in [2.45, 2.75) is 38.8 Å². The second-order valence-corrected chi connectivity index (χ2v) is 12.6. The average Bonchev–Trinajstić information content (AvgIpc) is 2.95. The number of nitrogens with one attached hydrogen (secondary N) is 2. The van der Waals surface area contributed by atoms with E-state index in [1.54, 1.807) is 42.3 Å². The molecule has 4 heterocycles. The summed E-state index contributed by atoms with van der Waals surface area (Å²) in [6, 6.07) is 6.28. The Bertz CT molecular complexity index is 1850. The zero-order chi connectivity index (χ0) is 30.9. The number of carbonyl (C=O) groups excluding carboxylic acids is 1. The first kappa shape index (κ1) is 30.2. The third-order valence-corrected chi connectivity index (χ3v) is 7.78. The summed E-state index contributed by atoms with van der Waals surface area (Å²) in [6.45, 7) is 4.94. The number of aryl methyl sites for hydroxylation is 1. The Hall–Kier alpha value is -4.30. The maximum Gasteiger partial charge on any atom is 0.285 e. The summed E-state index contributed by atoms with van der Waals surface area (Å²) in [4.78, 5) is 45.7. The van der Waals surface area contributed by atoms with E-state index in [0.717, 1.165) is 24.7 Å². The number of carbonyl (C=O) groups is 1. The summed E-state index contributed by atoms with van der Waals surface area (Å²) >= 11 is 6.03. The first-order valence-electron chi connectivity index (χ1n) is 13.5. The minimum Gasteiger partial charge on any atom is -0.471 e. The number of benzene rings is 1. The van der Waals surface area contributed by atoms with E-state index >= 15 is 0 Å². The van der Waals surface area contributed by atoms with Gasteiger partial charge >= 0.3 is 0 Å². The number of nitrogens with zero attached hydrogens (tertiary/aromatic N) is 6. The van der Waals surface area contributed by atoms with Crippen LogP contribution in [0.15, 0.2) is 47.7 Å². The lowest BCUT2D eigenvalue weighted by atomic mass is 10.0. The summed E-state index contributed by atoms with van der Waals surface area (Å²) in [5.41, 5.74) is 1.94. The van der Waals surface area contributed by atoms with Crippen LogP contribution in [0.1, 0.15) is 47.4 Å². The predicted octanol–water partition coefficient (Wildman–Crippen LogP) is 2.99. The molecule has 0 radical (unpaired) electrons. The number of anilines is 2. The number of sulfonamides is 1. The van der Waals surface area contributed by atoms with Crippen molar-refractivity contribution in [3.05, 3.63) is 75.2 Å². The van der Waals surface area contributed by atoms with Gasteiger partial charge in [0, 0.05) is 31.5 Å². The number of rotatable bonds is 8. The number of hydrogen-bond donors (Lipinski definition) is 2. The van der Waals surface area contributed by atoms with Crippen LogP contribution in [0.5, 0.6) is 5.88 Å². The minimum absolute atomic E-state index is 0.0239. The molecule has 1 aromatic carbocycles. The maximum atomic E-state index is 13.7. The number of hydrogen-bond acceptors (Lipinski definition) is 11. The summed E-state index contributed by atoms with van der Waals surface area (Å²) in [5, 5.41) is 3.71. The van der Waals surface area contributed by atoms with Gasteiger partial charge in [0.05, 0.1) is 41.6 Å². The van der Waals surface area contributed by atoms with Crippen LogP contribution in [0, 0.1) is 6.92 Å². The van der Waals surface area contributed by atoms with Crippen LogP contribution in [-0.4, -0.2) is 64.3 Å². The molecule has 2 N–H and O–H groups in total. The molecule has 226 valence electrons. The Balaban J connectivity index is 1.50. The van der Waals surface area contributed by atoms with Gasteiger partial charge in [0.15, 0.2) is 5.69 Å². The Morgan fingerprint density at radius 1 is 1.21 bits per heavy atom. The number of fused-ring (bicyclic) bond motifs is 1. The summed E-state index contributed by atoms with van der Waals surface area (Å²) in [7, 11) is -2.14. The molecule has 1 amide bonds. The number of pyridine rings is 1. The van der Waals surface area contributed by atoms with Gasteiger partial charge in [0.1, 0.15) is 11.3 Å². The highest BCUT2D eigenvalue weighted by Crippen LogP contribution is 2.30. The fraction of sp³-hybridized carbons (Fsp3) is 0.357. The summed E-state index contributed by atoms with van der Waals surface area (Å²) < 4.78 is 32.9.